The molecule has 0 bridgehead atoms. The molecule has 1 N–H and O–H groups in total. The van der Waals surface area contributed by atoms with Crippen LogP contribution in [0.5, 0.6) is 0 Å². The van der Waals surface area contributed by atoms with Gasteiger partial charge in [-0.3, -0.25) is 4.90 Å². The molecule has 17 heavy (non-hydrogen) atoms. The van der Waals surface area contributed by atoms with Crippen LogP contribution in [0.3, 0.4) is 0 Å². The number of nitrogens with zero attached hydrogens (tertiary/aromatic N) is 2. The molecule has 2 rings (SSSR count). The van der Waals surface area contributed by atoms with Crippen LogP contribution in [0.25, 0.3) is 0 Å². The molecule has 1 aromatic carbocycles. The van der Waals surface area contributed by atoms with Gasteiger partial charge in [0.1, 0.15) is 0 Å². The van der Waals surface area contributed by atoms with Crippen molar-refractivity contribution in [1.29, 1.82) is 5.26 Å². The molecule has 0 amide bonds. The van der Waals surface area contributed by atoms with Gasteiger partial charge in [0.2, 0.25) is 0 Å². The molecule has 3 nitrogen and oxygen atoms in total. The number of nitriles is 1. The maximum absolute atomic E-state index is 8.70. The number of benzene rings is 1. The van der Waals surface area contributed by atoms with Gasteiger partial charge in [0.05, 0.1) is 12.5 Å². The first-order chi connectivity index (χ1) is 8.38. The highest BCUT2D eigenvalue weighted by molar-refractivity contribution is 5.25. The third-order valence-electron chi connectivity index (χ3n) is 3.11. The van der Waals surface area contributed by atoms with Crippen LogP contribution in [0, 0.1) is 11.3 Å². The van der Waals surface area contributed by atoms with Crippen LogP contribution in [-0.4, -0.2) is 31.1 Å². The van der Waals surface area contributed by atoms with Gasteiger partial charge in [-0.05, 0) is 30.6 Å². The van der Waals surface area contributed by atoms with Gasteiger partial charge in [-0.1, -0.05) is 24.3 Å². The zero-order valence-corrected chi connectivity index (χ0v) is 10.2. The second-order valence-corrected chi connectivity index (χ2v) is 4.53. The molecule has 1 aromatic rings. The summed E-state index contributed by atoms with van der Waals surface area (Å²) >= 11 is 0. The first-order valence-corrected chi connectivity index (χ1v) is 6.26. The summed E-state index contributed by atoms with van der Waals surface area (Å²) in [6, 6.07) is 10.6. The van der Waals surface area contributed by atoms with Crippen molar-refractivity contribution < 1.29 is 0 Å². The topological polar surface area (TPSA) is 39.1 Å². The van der Waals surface area contributed by atoms with Crippen LogP contribution in [0.1, 0.15) is 17.5 Å². The minimum Gasteiger partial charge on any atom is -0.315 e. The van der Waals surface area contributed by atoms with E-state index >= 15 is 0 Å². The summed E-state index contributed by atoms with van der Waals surface area (Å²) < 4.78 is 0. The number of hydrogen-bond acceptors (Lipinski definition) is 3. The van der Waals surface area contributed by atoms with E-state index in [1.807, 2.05) is 6.07 Å². The van der Waals surface area contributed by atoms with E-state index in [0.717, 1.165) is 38.3 Å². The van der Waals surface area contributed by atoms with Gasteiger partial charge in [-0.2, -0.15) is 5.26 Å². The lowest BCUT2D eigenvalue weighted by molar-refractivity contribution is 0.284. The molecule has 0 spiro atoms. The third kappa shape index (κ3) is 3.85. The SMILES string of the molecule is N#CCc1cccc(CN2CCCNCC2)c1. The summed E-state index contributed by atoms with van der Waals surface area (Å²) in [6.07, 6.45) is 1.73. The fourth-order valence-corrected chi connectivity index (χ4v) is 2.25. The highest BCUT2D eigenvalue weighted by Gasteiger charge is 2.08. The first kappa shape index (κ1) is 12.1. The Hall–Kier alpha value is -1.37. The van der Waals surface area contributed by atoms with Crippen LogP contribution in [0.4, 0.5) is 0 Å². The Balaban J connectivity index is 1.97. The standard InChI is InChI=1S/C14H19N3/c15-6-5-13-3-1-4-14(11-13)12-17-9-2-7-16-8-10-17/h1,3-4,11,16H,2,5,7-10,12H2. The zero-order chi connectivity index (χ0) is 11.9. The molecule has 1 fully saturated rings. The second-order valence-electron chi connectivity index (χ2n) is 4.53. The smallest absolute Gasteiger partial charge is 0.0669 e. The summed E-state index contributed by atoms with van der Waals surface area (Å²) in [7, 11) is 0. The Labute approximate surface area is 103 Å². The Morgan fingerprint density at radius 3 is 3.00 bits per heavy atom. The Bertz CT molecular complexity index is 387. The van der Waals surface area contributed by atoms with Crippen molar-refractivity contribution in [2.45, 2.75) is 19.4 Å². The van der Waals surface area contributed by atoms with E-state index in [-0.39, 0.29) is 0 Å². The van der Waals surface area contributed by atoms with Crippen LogP contribution in [-0.2, 0) is 13.0 Å². The van der Waals surface area contributed by atoms with E-state index < -0.39 is 0 Å². The van der Waals surface area contributed by atoms with Crippen molar-refractivity contribution in [3.8, 4) is 6.07 Å². The minimum atomic E-state index is 0.509. The highest BCUT2D eigenvalue weighted by Crippen LogP contribution is 2.09. The molecule has 0 aliphatic carbocycles. The fourth-order valence-electron chi connectivity index (χ4n) is 2.25. The zero-order valence-electron chi connectivity index (χ0n) is 10.2. The molecular weight excluding hydrogens is 210 g/mol. The van der Waals surface area contributed by atoms with E-state index in [9.17, 15) is 0 Å². The van der Waals surface area contributed by atoms with Gasteiger partial charge in [-0.15, -0.1) is 0 Å². The van der Waals surface area contributed by atoms with Crippen LogP contribution < -0.4 is 5.32 Å². The van der Waals surface area contributed by atoms with E-state index in [4.69, 9.17) is 5.26 Å². The Morgan fingerprint density at radius 2 is 2.12 bits per heavy atom. The predicted octanol–water partition coefficient (Wildman–Crippen LogP) is 1.55. The monoisotopic (exact) mass is 229 g/mol. The number of rotatable bonds is 3. The van der Waals surface area contributed by atoms with Crippen LogP contribution in [0.15, 0.2) is 24.3 Å². The summed E-state index contributed by atoms with van der Waals surface area (Å²) in [4.78, 5) is 2.48. The number of nitrogens with one attached hydrogen (secondary N) is 1. The molecule has 1 saturated heterocycles. The maximum atomic E-state index is 8.70. The second kappa shape index (κ2) is 6.39. The van der Waals surface area contributed by atoms with Gasteiger partial charge in [-0.25, -0.2) is 0 Å². The van der Waals surface area contributed by atoms with Crippen LogP contribution in [0.2, 0.25) is 0 Å². The van der Waals surface area contributed by atoms with Gasteiger partial charge in [0.15, 0.2) is 0 Å². The quantitative estimate of drug-likeness (QED) is 0.854. The van der Waals surface area contributed by atoms with Crippen molar-refractivity contribution in [2.24, 2.45) is 0 Å². The van der Waals surface area contributed by atoms with Gasteiger partial charge in [0, 0.05) is 19.6 Å². The van der Waals surface area contributed by atoms with Crippen molar-refractivity contribution in [3.05, 3.63) is 35.4 Å². The van der Waals surface area contributed by atoms with Crippen molar-refractivity contribution in [3.63, 3.8) is 0 Å². The summed E-state index contributed by atoms with van der Waals surface area (Å²) in [5.41, 5.74) is 2.44. The fraction of sp³-hybridized carbons (Fsp3) is 0.500. The van der Waals surface area contributed by atoms with E-state index in [2.05, 4.69) is 34.5 Å². The molecule has 1 heterocycles. The maximum Gasteiger partial charge on any atom is 0.0669 e. The van der Waals surface area contributed by atoms with Crippen LogP contribution >= 0.6 is 0 Å². The molecule has 1 aliphatic rings. The van der Waals surface area contributed by atoms with E-state index in [0.29, 0.717) is 6.42 Å². The molecular formula is C14H19N3. The average molecular weight is 229 g/mol. The predicted molar refractivity (Wildman–Crippen MR) is 68.5 cm³/mol. The molecule has 3 heteroatoms. The van der Waals surface area contributed by atoms with Crippen molar-refractivity contribution >= 4 is 0 Å². The molecule has 0 aromatic heterocycles. The van der Waals surface area contributed by atoms with Gasteiger partial charge in [0.25, 0.3) is 0 Å². The Morgan fingerprint density at radius 1 is 1.24 bits per heavy atom. The molecule has 0 unspecified atom stereocenters. The van der Waals surface area contributed by atoms with E-state index in [1.165, 1.54) is 12.0 Å². The summed E-state index contributed by atoms with van der Waals surface area (Å²) in [5, 5.41) is 12.1. The van der Waals surface area contributed by atoms with Crippen molar-refractivity contribution in [1.82, 2.24) is 10.2 Å². The minimum absolute atomic E-state index is 0.509. The normalized spacial score (nSPS) is 17.4. The average Bonchev–Trinajstić information content (AvgIpc) is 2.59. The Kier molecular flexibility index (Phi) is 4.54. The summed E-state index contributed by atoms with van der Waals surface area (Å²) in [5.74, 6) is 0. The van der Waals surface area contributed by atoms with E-state index in [1.54, 1.807) is 0 Å². The third-order valence-corrected chi connectivity index (χ3v) is 3.11. The molecule has 0 radical (unpaired) electrons. The number of hydrogen-bond donors (Lipinski definition) is 1. The first-order valence-electron chi connectivity index (χ1n) is 6.26. The largest absolute Gasteiger partial charge is 0.315 e. The molecule has 1 aliphatic heterocycles. The van der Waals surface area contributed by atoms with Gasteiger partial charge >= 0.3 is 0 Å². The molecule has 90 valence electrons. The lowest BCUT2D eigenvalue weighted by Gasteiger charge is -2.19. The highest BCUT2D eigenvalue weighted by atomic mass is 15.1. The lowest BCUT2D eigenvalue weighted by Crippen LogP contribution is -2.27. The van der Waals surface area contributed by atoms with Crippen molar-refractivity contribution in [2.75, 3.05) is 26.2 Å². The summed E-state index contributed by atoms with van der Waals surface area (Å²) in [6.45, 7) is 5.49. The molecule has 0 atom stereocenters. The molecule has 0 saturated carbocycles. The lowest BCUT2D eigenvalue weighted by atomic mass is 10.1. The van der Waals surface area contributed by atoms with Gasteiger partial charge < -0.3 is 5.32 Å².